The van der Waals surface area contributed by atoms with Gasteiger partial charge in [0.1, 0.15) is 5.82 Å². The van der Waals surface area contributed by atoms with Crippen molar-refractivity contribution in [3.05, 3.63) is 69.9 Å². The van der Waals surface area contributed by atoms with Crippen molar-refractivity contribution in [2.45, 2.75) is 24.1 Å². The van der Waals surface area contributed by atoms with Crippen LogP contribution in [0, 0.1) is 5.82 Å². The molecule has 0 radical (unpaired) electrons. The first-order chi connectivity index (χ1) is 14.0. The summed E-state index contributed by atoms with van der Waals surface area (Å²) in [5.74, 6) is 0.736. The van der Waals surface area contributed by atoms with Gasteiger partial charge in [0.15, 0.2) is 0 Å². The molecule has 0 aliphatic carbocycles. The molecule has 2 fully saturated rings. The van der Waals surface area contributed by atoms with Crippen LogP contribution in [-0.4, -0.2) is 51.9 Å². The molecule has 29 heavy (non-hydrogen) atoms. The Balaban J connectivity index is 1.41. The highest BCUT2D eigenvalue weighted by Crippen LogP contribution is 2.44. The molecule has 0 atom stereocenters. The maximum absolute atomic E-state index is 13.1. The zero-order valence-corrected chi connectivity index (χ0v) is 18.3. The van der Waals surface area contributed by atoms with Crippen LogP contribution < -0.4 is 0 Å². The Labute approximate surface area is 182 Å². The molecule has 0 saturated carbocycles. The maximum Gasteiger partial charge on any atom is 0.255 e. The second-order valence-electron chi connectivity index (χ2n) is 7.45. The molecular formula is C22H22BrFN2O2S. The van der Waals surface area contributed by atoms with Gasteiger partial charge in [-0.1, -0.05) is 34.1 Å². The van der Waals surface area contributed by atoms with Gasteiger partial charge in [0, 0.05) is 35.4 Å². The van der Waals surface area contributed by atoms with Gasteiger partial charge in [-0.2, -0.15) is 0 Å². The van der Waals surface area contributed by atoms with E-state index in [1.54, 1.807) is 12.1 Å². The molecule has 152 valence electrons. The number of thioether (sulfide) groups is 1. The second kappa shape index (κ2) is 8.48. The van der Waals surface area contributed by atoms with Crippen molar-refractivity contribution in [1.82, 2.24) is 9.80 Å². The Morgan fingerprint density at radius 3 is 2.48 bits per heavy atom. The molecule has 0 aromatic heterocycles. The van der Waals surface area contributed by atoms with Crippen molar-refractivity contribution < 1.29 is 14.0 Å². The number of hydrogen-bond acceptors (Lipinski definition) is 3. The number of carbonyl (C=O) groups excluding carboxylic acids is 2. The molecule has 4 rings (SSSR count). The van der Waals surface area contributed by atoms with Gasteiger partial charge in [0.2, 0.25) is 5.91 Å². The Bertz CT molecular complexity index is 913. The molecule has 0 unspecified atom stereocenters. The number of halogens is 2. The molecule has 2 amide bonds. The van der Waals surface area contributed by atoms with Crippen molar-refractivity contribution in [2.75, 3.05) is 25.4 Å². The van der Waals surface area contributed by atoms with Gasteiger partial charge in [-0.05, 0) is 48.7 Å². The summed E-state index contributed by atoms with van der Waals surface area (Å²) in [6.45, 7) is 2.00. The Hall–Kier alpha value is -1.86. The highest BCUT2D eigenvalue weighted by molar-refractivity contribution is 9.10. The molecule has 2 aliphatic rings. The number of piperidine rings is 1. The van der Waals surface area contributed by atoms with Crippen LogP contribution in [0.3, 0.4) is 0 Å². The largest absolute Gasteiger partial charge is 0.342 e. The van der Waals surface area contributed by atoms with Crippen LogP contribution >= 0.6 is 27.7 Å². The molecular weight excluding hydrogens is 455 g/mol. The number of nitrogens with zero attached hydrogens (tertiary/aromatic N) is 2. The lowest BCUT2D eigenvalue weighted by molar-refractivity contribution is -0.132. The number of rotatable bonds is 3. The fourth-order valence-electron chi connectivity index (χ4n) is 4.08. The fourth-order valence-corrected chi connectivity index (χ4v) is 5.94. The number of hydrogen-bond donors (Lipinski definition) is 0. The number of benzene rings is 2. The molecule has 2 saturated heterocycles. The van der Waals surface area contributed by atoms with E-state index in [0.717, 1.165) is 35.2 Å². The molecule has 2 aromatic rings. The van der Waals surface area contributed by atoms with Gasteiger partial charge in [-0.15, -0.1) is 11.8 Å². The van der Waals surface area contributed by atoms with E-state index in [2.05, 4.69) is 15.9 Å². The lowest BCUT2D eigenvalue weighted by Crippen LogP contribution is -2.53. The Morgan fingerprint density at radius 2 is 1.79 bits per heavy atom. The minimum atomic E-state index is -0.297. The van der Waals surface area contributed by atoms with Crippen LogP contribution in [0.4, 0.5) is 4.39 Å². The van der Waals surface area contributed by atoms with Gasteiger partial charge < -0.3 is 9.80 Å². The molecule has 0 bridgehead atoms. The summed E-state index contributed by atoms with van der Waals surface area (Å²) in [4.78, 5) is 29.4. The van der Waals surface area contributed by atoms with Gasteiger partial charge >= 0.3 is 0 Å². The van der Waals surface area contributed by atoms with E-state index in [-0.39, 0.29) is 28.9 Å². The van der Waals surface area contributed by atoms with Crippen LogP contribution in [0.1, 0.15) is 28.8 Å². The monoisotopic (exact) mass is 476 g/mol. The first kappa shape index (κ1) is 20.4. The summed E-state index contributed by atoms with van der Waals surface area (Å²) in [6.07, 6.45) is 1.82. The molecule has 4 nitrogen and oxygen atoms in total. The summed E-state index contributed by atoms with van der Waals surface area (Å²) >= 11 is 5.27. The van der Waals surface area contributed by atoms with Crippen molar-refractivity contribution in [3.63, 3.8) is 0 Å². The lowest BCUT2D eigenvalue weighted by Gasteiger charge is -2.44. The topological polar surface area (TPSA) is 40.6 Å². The third-order valence-electron chi connectivity index (χ3n) is 5.66. The van der Waals surface area contributed by atoms with Crippen molar-refractivity contribution in [2.24, 2.45) is 0 Å². The minimum Gasteiger partial charge on any atom is -0.342 e. The van der Waals surface area contributed by atoms with E-state index in [0.29, 0.717) is 18.7 Å². The predicted octanol–water partition coefficient (Wildman–Crippen LogP) is 4.34. The zero-order chi connectivity index (χ0) is 20.4. The maximum atomic E-state index is 13.1. The quantitative estimate of drug-likeness (QED) is 0.661. The highest BCUT2D eigenvalue weighted by Gasteiger charge is 2.47. The Kier molecular flexibility index (Phi) is 5.97. The van der Waals surface area contributed by atoms with E-state index < -0.39 is 0 Å². The van der Waals surface area contributed by atoms with Gasteiger partial charge in [-0.3, -0.25) is 9.59 Å². The normalized spacial score (nSPS) is 18.3. The fraction of sp³-hybridized carbons (Fsp3) is 0.364. The lowest BCUT2D eigenvalue weighted by atomic mass is 10.00. The second-order valence-corrected chi connectivity index (χ2v) is 9.82. The summed E-state index contributed by atoms with van der Waals surface area (Å²) in [5, 5.41) is 0. The van der Waals surface area contributed by atoms with Crippen molar-refractivity contribution in [1.29, 1.82) is 0 Å². The summed E-state index contributed by atoms with van der Waals surface area (Å²) < 4.78 is 14.0. The van der Waals surface area contributed by atoms with E-state index in [1.165, 1.54) is 12.1 Å². The molecule has 2 aliphatic heterocycles. The minimum absolute atomic E-state index is 0.0549. The van der Waals surface area contributed by atoms with Gasteiger partial charge in [0.05, 0.1) is 11.3 Å². The van der Waals surface area contributed by atoms with Crippen LogP contribution in [0.2, 0.25) is 0 Å². The van der Waals surface area contributed by atoms with Crippen LogP contribution in [0.5, 0.6) is 0 Å². The molecule has 1 spiro atoms. The average molecular weight is 477 g/mol. The summed E-state index contributed by atoms with van der Waals surface area (Å²) in [7, 11) is 0. The number of carbonyl (C=O) groups is 2. The van der Waals surface area contributed by atoms with Crippen LogP contribution in [0.15, 0.2) is 53.0 Å². The Morgan fingerprint density at radius 1 is 1.07 bits per heavy atom. The van der Waals surface area contributed by atoms with Crippen LogP contribution in [0.25, 0.3) is 0 Å². The average Bonchev–Trinajstić information content (AvgIpc) is 3.12. The smallest absolute Gasteiger partial charge is 0.255 e. The number of amides is 2. The third kappa shape index (κ3) is 4.36. The van der Waals surface area contributed by atoms with Crippen LogP contribution in [-0.2, 0) is 11.2 Å². The third-order valence-corrected chi connectivity index (χ3v) is 7.71. The first-order valence-corrected chi connectivity index (χ1v) is 11.5. The standard InChI is InChI=1S/C22H22BrFN2O2S/c23-18-3-1-2-17(15-18)21(28)26-12-13-29-22(26)8-10-25(11-9-22)20(27)14-16-4-6-19(24)7-5-16/h1-7,15H,8-14H2. The zero-order valence-electron chi connectivity index (χ0n) is 15.9. The summed E-state index contributed by atoms with van der Waals surface area (Å²) in [6, 6.07) is 13.6. The van der Waals surface area contributed by atoms with E-state index in [4.69, 9.17) is 0 Å². The molecule has 2 aromatic carbocycles. The molecule has 7 heteroatoms. The molecule has 2 heterocycles. The van der Waals surface area contributed by atoms with Gasteiger partial charge in [0.25, 0.3) is 5.91 Å². The first-order valence-electron chi connectivity index (χ1n) is 9.71. The summed E-state index contributed by atoms with van der Waals surface area (Å²) in [5.41, 5.74) is 1.51. The van der Waals surface area contributed by atoms with E-state index in [9.17, 15) is 14.0 Å². The SMILES string of the molecule is O=C(Cc1ccc(F)cc1)N1CCC2(CC1)SCCN2C(=O)c1cccc(Br)c1. The van der Waals surface area contributed by atoms with Gasteiger partial charge in [-0.25, -0.2) is 4.39 Å². The van der Waals surface area contributed by atoms with Crippen molar-refractivity contribution in [3.8, 4) is 0 Å². The highest BCUT2D eigenvalue weighted by atomic mass is 79.9. The van der Waals surface area contributed by atoms with Crippen molar-refractivity contribution >= 4 is 39.5 Å². The number of likely N-dealkylation sites (tertiary alicyclic amines) is 1. The van der Waals surface area contributed by atoms with E-state index >= 15 is 0 Å². The van der Waals surface area contributed by atoms with E-state index in [1.807, 2.05) is 45.8 Å². The predicted molar refractivity (Wildman–Crippen MR) is 116 cm³/mol. The molecule has 0 N–H and O–H groups in total.